The maximum absolute atomic E-state index is 12.3. The average molecular weight is 487 g/mol. The number of rotatable bonds is 5. The molecule has 1 aromatic heterocycles. The topological polar surface area (TPSA) is 63.8 Å². The predicted octanol–water partition coefficient (Wildman–Crippen LogP) is 7.15. The number of benzene rings is 2. The van der Waals surface area contributed by atoms with E-state index in [1.807, 2.05) is 56.3 Å². The molecule has 0 atom stereocenters. The molecule has 0 bridgehead atoms. The van der Waals surface area contributed by atoms with Gasteiger partial charge in [0.1, 0.15) is 11.3 Å². The van der Waals surface area contributed by atoms with Gasteiger partial charge in [0.2, 0.25) is 0 Å². The van der Waals surface area contributed by atoms with E-state index in [9.17, 15) is 9.90 Å². The van der Waals surface area contributed by atoms with Gasteiger partial charge in [0.05, 0.1) is 17.5 Å². The number of ether oxygens (including phenoxy) is 1. The third kappa shape index (κ3) is 4.74. The first-order chi connectivity index (χ1) is 16.7. The fourth-order valence-corrected chi connectivity index (χ4v) is 4.45. The van der Waals surface area contributed by atoms with Gasteiger partial charge in [0, 0.05) is 33.1 Å². The fourth-order valence-electron chi connectivity index (χ4n) is 4.21. The van der Waals surface area contributed by atoms with E-state index in [2.05, 4.69) is 27.4 Å². The first-order valence-electron chi connectivity index (χ1n) is 11.4. The molecule has 0 saturated heterocycles. The molecular weight excluding hydrogens is 460 g/mol. The molecule has 0 radical (unpaired) electrons. The fraction of sp³-hybridized carbons (Fsp3) is 0.207. The maximum atomic E-state index is 12.3. The van der Waals surface area contributed by atoms with Gasteiger partial charge in [0.15, 0.2) is 5.76 Å². The number of aromatic nitrogens is 1. The lowest BCUT2D eigenvalue weighted by atomic mass is 10.0. The zero-order valence-corrected chi connectivity index (χ0v) is 21.1. The molecule has 0 aliphatic carbocycles. The summed E-state index contributed by atoms with van der Waals surface area (Å²) >= 11 is 6.51. The molecule has 0 unspecified atom stereocenters. The Morgan fingerprint density at radius 1 is 1.09 bits per heavy atom. The Balaban J connectivity index is 1.77. The second-order valence-corrected chi connectivity index (χ2v) is 9.08. The highest BCUT2D eigenvalue weighted by Crippen LogP contribution is 2.34. The molecular formula is C29H27ClN2O3. The van der Waals surface area contributed by atoms with Crippen molar-refractivity contribution in [1.29, 1.82) is 0 Å². The lowest BCUT2D eigenvalue weighted by molar-refractivity contribution is -0.142. The van der Waals surface area contributed by atoms with Gasteiger partial charge in [-0.15, -0.1) is 0 Å². The molecule has 178 valence electrons. The Bertz CT molecular complexity index is 1450. The van der Waals surface area contributed by atoms with Crippen molar-refractivity contribution >= 4 is 29.4 Å². The van der Waals surface area contributed by atoms with Crippen molar-refractivity contribution in [3.63, 3.8) is 0 Å². The smallest absolute Gasteiger partial charge is 0.344 e. The van der Waals surface area contributed by atoms with Crippen molar-refractivity contribution in [2.24, 2.45) is 4.99 Å². The Hall–Kier alpha value is -3.79. The number of aliphatic imine (C=N–C) groups is 1. The van der Waals surface area contributed by atoms with Crippen LogP contribution >= 0.6 is 11.6 Å². The highest BCUT2D eigenvalue weighted by atomic mass is 35.5. The van der Waals surface area contributed by atoms with Crippen LogP contribution in [-0.4, -0.2) is 27.5 Å². The van der Waals surface area contributed by atoms with Gasteiger partial charge in [-0.25, -0.2) is 9.79 Å². The number of para-hydroxylation sites is 1. The Morgan fingerprint density at radius 2 is 1.74 bits per heavy atom. The van der Waals surface area contributed by atoms with Gasteiger partial charge in [-0.1, -0.05) is 53.7 Å². The summed E-state index contributed by atoms with van der Waals surface area (Å²) in [5.41, 5.74) is 9.70. The number of carbonyl (C=O) groups excluding carboxylic acids is 1. The summed E-state index contributed by atoms with van der Waals surface area (Å²) in [6, 6.07) is 18.0. The van der Waals surface area contributed by atoms with E-state index >= 15 is 0 Å². The van der Waals surface area contributed by atoms with Gasteiger partial charge in [-0.3, -0.25) is 0 Å². The highest BCUT2D eigenvalue weighted by molar-refractivity contribution is 6.33. The number of hydrogen-bond acceptors (Lipinski definition) is 4. The number of aliphatic hydroxyl groups is 1. The molecule has 0 fully saturated rings. The SMILES string of the molecule is CC1=NC(=C=Cc2cc(C)n(-c3ccccc3-c3ccccc3Cl)c2C)C(O)=C1C(=O)OC(C)C. The third-order valence-electron chi connectivity index (χ3n) is 5.79. The first kappa shape index (κ1) is 24.3. The number of aliphatic hydroxyl groups excluding tert-OH is 1. The zero-order chi connectivity index (χ0) is 25.3. The van der Waals surface area contributed by atoms with Crippen LogP contribution in [0.1, 0.15) is 37.7 Å². The minimum atomic E-state index is -0.593. The monoisotopic (exact) mass is 486 g/mol. The van der Waals surface area contributed by atoms with Crippen LogP contribution in [-0.2, 0) is 9.53 Å². The number of carbonyl (C=O) groups is 1. The Kier molecular flexibility index (Phi) is 6.83. The van der Waals surface area contributed by atoms with Crippen LogP contribution in [0.5, 0.6) is 0 Å². The number of nitrogens with zero attached hydrogens (tertiary/aromatic N) is 2. The van der Waals surface area contributed by atoms with Crippen LogP contribution in [0, 0.1) is 13.8 Å². The summed E-state index contributed by atoms with van der Waals surface area (Å²) in [7, 11) is 0. The molecule has 35 heavy (non-hydrogen) atoms. The van der Waals surface area contributed by atoms with Gasteiger partial charge < -0.3 is 14.4 Å². The van der Waals surface area contributed by atoms with Crippen molar-refractivity contribution in [3.05, 3.63) is 99.3 Å². The van der Waals surface area contributed by atoms with E-state index in [1.165, 1.54) is 0 Å². The molecule has 4 rings (SSSR count). The van der Waals surface area contributed by atoms with E-state index in [0.717, 1.165) is 33.8 Å². The molecule has 3 aromatic rings. The van der Waals surface area contributed by atoms with E-state index < -0.39 is 5.97 Å². The molecule has 0 amide bonds. The van der Waals surface area contributed by atoms with Crippen molar-refractivity contribution in [1.82, 2.24) is 4.57 Å². The Morgan fingerprint density at radius 3 is 2.43 bits per heavy atom. The molecule has 0 spiro atoms. The standard InChI is InChI=1S/C29H27ClN2O3/c1-17(2)35-29(34)27-19(4)31-25(28(27)33)15-14-21-16-18(3)32(20(21)5)26-13-9-7-11-23(26)22-10-6-8-12-24(22)30/h6-14,16-17,33H,1-5H3. The molecule has 2 aromatic carbocycles. The number of aryl methyl sites for hydroxylation is 1. The molecule has 0 saturated carbocycles. The maximum Gasteiger partial charge on any atom is 0.344 e. The summed E-state index contributed by atoms with van der Waals surface area (Å²) in [5, 5.41) is 11.3. The summed E-state index contributed by atoms with van der Waals surface area (Å²) in [6.07, 6.45) is 1.48. The van der Waals surface area contributed by atoms with E-state index in [0.29, 0.717) is 10.7 Å². The first-order valence-corrected chi connectivity index (χ1v) is 11.8. The van der Waals surface area contributed by atoms with Crippen LogP contribution in [0.15, 0.2) is 82.4 Å². The molecule has 5 nitrogen and oxygen atoms in total. The van der Waals surface area contributed by atoms with Crippen molar-refractivity contribution < 1.29 is 14.6 Å². The van der Waals surface area contributed by atoms with Crippen LogP contribution in [0.25, 0.3) is 22.9 Å². The summed E-state index contributed by atoms with van der Waals surface area (Å²) < 4.78 is 7.40. The van der Waals surface area contributed by atoms with Crippen LogP contribution in [0.3, 0.4) is 0 Å². The second kappa shape index (κ2) is 9.83. The summed E-state index contributed by atoms with van der Waals surface area (Å²) in [6.45, 7) is 9.24. The Labute approximate surface area is 210 Å². The normalized spacial score (nSPS) is 13.2. The van der Waals surface area contributed by atoms with Crippen LogP contribution < -0.4 is 0 Å². The highest BCUT2D eigenvalue weighted by Gasteiger charge is 2.28. The minimum Gasteiger partial charge on any atom is -0.504 e. The van der Waals surface area contributed by atoms with E-state index in [-0.39, 0.29) is 23.1 Å². The van der Waals surface area contributed by atoms with Crippen LogP contribution in [0.2, 0.25) is 5.02 Å². The van der Waals surface area contributed by atoms with Crippen molar-refractivity contribution in [2.75, 3.05) is 0 Å². The number of esters is 1. The van der Waals surface area contributed by atoms with Crippen LogP contribution in [0.4, 0.5) is 0 Å². The minimum absolute atomic E-state index is 0.0775. The van der Waals surface area contributed by atoms with E-state index in [1.54, 1.807) is 26.8 Å². The summed E-state index contributed by atoms with van der Waals surface area (Å²) in [4.78, 5) is 16.7. The number of hydrogen-bond donors (Lipinski definition) is 1. The predicted molar refractivity (Wildman–Crippen MR) is 141 cm³/mol. The van der Waals surface area contributed by atoms with Crippen molar-refractivity contribution in [2.45, 2.75) is 40.7 Å². The average Bonchev–Trinajstić information content (AvgIpc) is 3.25. The molecule has 6 heteroatoms. The molecule has 1 N–H and O–H groups in total. The second-order valence-electron chi connectivity index (χ2n) is 8.67. The molecule has 2 heterocycles. The van der Waals surface area contributed by atoms with Gasteiger partial charge >= 0.3 is 5.97 Å². The lowest BCUT2D eigenvalue weighted by Gasteiger charge is -2.16. The van der Waals surface area contributed by atoms with Gasteiger partial charge in [-0.05, 0) is 58.9 Å². The van der Waals surface area contributed by atoms with Crippen molar-refractivity contribution in [3.8, 4) is 16.8 Å². The molecule has 1 aliphatic rings. The lowest BCUT2D eigenvalue weighted by Crippen LogP contribution is -2.17. The third-order valence-corrected chi connectivity index (χ3v) is 6.12. The summed E-state index contributed by atoms with van der Waals surface area (Å²) in [5.74, 6) is -0.813. The quantitative estimate of drug-likeness (QED) is 0.307. The molecule has 1 aliphatic heterocycles. The van der Waals surface area contributed by atoms with E-state index in [4.69, 9.17) is 16.3 Å². The number of halogens is 1. The largest absolute Gasteiger partial charge is 0.504 e. The van der Waals surface area contributed by atoms with Gasteiger partial charge in [-0.2, -0.15) is 0 Å². The van der Waals surface area contributed by atoms with Gasteiger partial charge in [0.25, 0.3) is 0 Å². The zero-order valence-electron chi connectivity index (χ0n) is 20.4.